The molecule has 1 N–H and O–H groups in total. The monoisotopic (exact) mass is 217 g/mol. The Morgan fingerprint density at radius 2 is 1.81 bits per heavy atom. The highest BCUT2D eigenvalue weighted by atomic mass is 16.1. The van der Waals surface area contributed by atoms with Gasteiger partial charge in [0.05, 0.1) is 5.92 Å². The standard InChI is InChI=1S/C14H19NO/c1-9-7-10(2)13(11(3)8-9)12-5-4-6-15-14(12)16/h7-8,12H,4-6H2,1-3H3,(H,15,16). The summed E-state index contributed by atoms with van der Waals surface area (Å²) in [6, 6.07) is 4.34. The molecule has 2 rings (SSSR count). The lowest BCUT2D eigenvalue weighted by Gasteiger charge is -2.25. The third kappa shape index (κ3) is 1.97. The molecular formula is C14H19NO. The maximum Gasteiger partial charge on any atom is 0.227 e. The molecule has 0 aliphatic carbocycles. The van der Waals surface area contributed by atoms with Crippen molar-refractivity contribution in [3.8, 4) is 0 Å². The van der Waals surface area contributed by atoms with Crippen LogP contribution in [0.5, 0.6) is 0 Å². The van der Waals surface area contributed by atoms with Crippen LogP contribution in [-0.2, 0) is 4.79 Å². The Hall–Kier alpha value is -1.31. The molecule has 2 heteroatoms. The predicted octanol–water partition coefficient (Wildman–Crippen LogP) is 2.61. The maximum atomic E-state index is 11.9. The molecular weight excluding hydrogens is 198 g/mol. The fourth-order valence-corrected chi connectivity index (χ4v) is 2.79. The zero-order chi connectivity index (χ0) is 11.7. The fourth-order valence-electron chi connectivity index (χ4n) is 2.79. The smallest absolute Gasteiger partial charge is 0.227 e. The van der Waals surface area contributed by atoms with Crippen molar-refractivity contribution in [1.82, 2.24) is 5.32 Å². The SMILES string of the molecule is Cc1cc(C)c(C2CCCNC2=O)c(C)c1. The van der Waals surface area contributed by atoms with Gasteiger partial charge in [-0.05, 0) is 50.3 Å². The lowest BCUT2D eigenvalue weighted by molar-refractivity contribution is -0.123. The summed E-state index contributed by atoms with van der Waals surface area (Å²) in [5, 5.41) is 2.96. The van der Waals surface area contributed by atoms with E-state index in [9.17, 15) is 4.79 Å². The number of rotatable bonds is 1. The van der Waals surface area contributed by atoms with Crippen LogP contribution in [0.25, 0.3) is 0 Å². The van der Waals surface area contributed by atoms with Crippen molar-refractivity contribution < 1.29 is 4.79 Å². The molecule has 0 saturated carbocycles. The Kier molecular flexibility index (Phi) is 2.99. The fraction of sp³-hybridized carbons (Fsp3) is 0.500. The molecule has 1 aliphatic rings. The molecule has 86 valence electrons. The number of hydrogen-bond acceptors (Lipinski definition) is 1. The van der Waals surface area contributed by atoms with Gasteiger partial charge in [0.2, 0.25) is 5.91 Å². The number of carbonyl (C=O) groups is 1. The third-order valence-corrected chi connectivity index (χ3v) is 3.37. The minimum atomic E-state index is 0.0642. The molecule has 0 radical (unpaired) electrons. The van der Waals surface area contributed by atoms with Crippen LogP contribution in [0.2, 0.25) is 0 Å². The molecule has 1 saturated heterocycles. The van der Waals surface area contributed by atoms with E-state index < -0.39 is 0 Å². The molecule has 1 amide bonds. The van der Waals surface area contributed by atoms with Gasteiger partial charge in [-0.2, -0.15) is 0 Å². The zero-order valence-electron chi connectivity index (χ0n) is 10.3. The van der Waals surface area contributed by atoms with Crippen molar-refractivity contribution in [3.05, 3.63) is 34.4 Å². The summed E-state index contributed by atoms with van der Waals surface area (Å²) in [6.07, 6.45) is 2.07. The van der Waals surface area contributed by atoms with E-state index in [2.05, 4.69) is 38.2 Å². The summed E-state index contributed by atoms with van der Waals surface area (Å²) in [7, 11) is 0. The van der Waals surface area contributed by atoms with Crippen molar-refractivity contribution in [2.75, 3.05) is 6.54 Å². The van der Waals surface area contributed by atoms with E-state index in [4.69, 9.17) is 0 Å². The van der Waals surface area contributed by atoms with Gasteiger partial charge in [0.25, 0.3) is 0 Å². The predicted molar refractivity (Wildman–Crippen MR) is 65.6 cm³/mol. The number of piperidine rings is 1. The topological polar surface area (TPSA) is 29.1 Å². The second-order valence-electron chi connectivity index (χ2n) is 4.80. The number of hydrogen-bond donors (Lipinski definition) is 1. The Labute approximate surface area is 97.1 Å². The quantitative estimate of drug-likeness (QED) is 0.769. The molecule has 0 spiro atoms. The largest absolute Gasteiger partial charge is 0.356 e. The molecule has 0 bridgehead atoms. The average molecular weight is 217 g/mol. The molecule has 1 aliphatic heterocycles. The van der Waals surface area contributed by atoms with Gasteiger partial charge in [0, 0.05) is 6.54 Å². The van der Waals surface area contributed by atoms with Gasteiger partial charge >= 0.3 is 0 Å². The van der Waals surface area contributed by atoms with Crippen molar-refractivity contribution in [2.45, 2.75) is 39.5 Å². The highest BCUT2D eigenvalue weighted by molar-refractivity contribution is 5.85. The number of benzene rings is 1. The van der Waals surface area contributed by atoms with Crippen LogP contribution < -0.4 is 5.32 Å². The Balaban J connectivity index is 2.42. The van der Waals surface area contributed by atoms with Gasteiger partial charge in [0.1, 0.15) is 0 Å². The summed E-state index contributed by atoms with van der Waals surface area (Å²) >= 11 is 0. The summed E-state index contributed by atoms with van der Waals surface area (Å²) in [6.45, 7) is 7.15. The molecule has 2 nitrogen and oxygen atoms in total. The first-order valence-electron chi connectivity index (χ1n) is 5.95. The van der Waals surface area contributed by atoms with Crippen LogP contribution in [0.4, 0.5) is 0 Å². The molecule has 1 unspecified atom stereocenters. The van der Waals surface area contributed by atoms with E-state index in [1.807, 2.05) is 0 Å². The molecule has 16 heavy (non-hydrogen) atoms. The molecule has 1 heterocycles. The lowest BCUT2D eigenvalue weighted by Crippen LogP contribution is -2.35. The first-order valence-corrected chi connectivity index (χ1v) is 5.95. The second-order valence-corrected chi connectivity index (χ2v) is 4.80. The van der Waals surface area contributed by atoms with Crippen LogP contribution in [0.15, 0.2) is 12.1 Å². The summed E-state index contributed by atoms with van der Waals surface area (Å²) in [5.41, 5.74) is 5.01. The van der Waals surface area contributed by atoms with Crippen LogP contribution in [0, 0.1) is 20.8 Å². The molecule has 0 aromatic heterocycles. The second kappa shape index (κ2) is 4.28. The minimum Gasteiger partial charge on any atom is -0.356 e. The lowest BCUT2D eigenvalue weighted by atomic mass is 9.84. The number of aryl methyl sites for hydroxylation is 3. The molecule has 1 atom stereocenters. The van der Waals surface area contributed by atoms with Crippen molar-refractivity contribution in [1.29, 1.82) is 0 Å². The average Bonchev–Trinajstić information content (AvgIpc) is 2.19. The maximum absolute atomic E-state index is 11.9. The van der Waals surface area contributed by atoms with Crippen LogP contribution in [-0.4, -0.2) is 12.5 Å². The number of carbonyl (C=O) groups excluding carboxylic acids is 1. The van der Waals surface area contributed by atoms with Gasteiger partial charge in [-0.1, -0.05) is 17.7 Å². The van der Waals surface area contributed by atoms with E-state index in [1.165, 1.54) is 22.3 Å². The highest BCUT2D eigenvalue weighted by Gasteiger charge is 2.26. The molecule has 1 fully saturated rings. The Bertz CT molecular complexity index is 400. The normalized spacial score (nSPS) is 20.7. The number of amides is 1. The minimum absolute atomic E-state index is 0.0642. The zero-order valence-corrected chi connectivity index (χ0v) is 10.3. The summed E-state index contributed by atoms with van der Waals surface area (Å²) < 4.78 is 0. The van der Waals surface area contributed by atoms with Crippen LogP contribution >= 0.6 is 0 Å². The first-order chi connectivity index (χ1) is 7.59. The Morgan fingerprint density at radius 3 is 2.38 bits per heavy atom. The van der Waals surface area contributed by atoms with E-state index in [-0.39, 0.29) is 11.8 Å². The van der Waals surface area contributed by atoms with Crippen molar-refractivity contribution >= 4 is 5.91 Å². The van der Waals surface area contributed by atoms with Crippen molar-refractivity contribution in [3.63, 3.8) is 0 Å². The number of nitrogens with one attached hydrogen (secondary N) is 1. The van der Waals surface area contributed by atoms with Gasteiger partial charge in [-0.25, -0.2) is 0 Å². The van der Waals surface area contributed by atoms with E-state index in [0.717, 1.165) is 19.4 Å². The van der Waals surface area contributed by atoms with Crippen LogP contribution in [0.3, 0.4) is 0 Å². The summed E-state index contributed by atoms with van der Waals surface area (Å²) in [5.74, 6) is 0.260. The molecule has 1 aromatic carbocycles. The first kappa shape index (κ1) is 11.2. The van der Waals surface area contributed by atoms with Crippen molar-refractivity contribution in [2.24, 2.45) is 0 Å². The van der Waals surface area contributed by atoms with Crippen LogP contribution in [0.1, 0.15) is 41.0 Å². The third-order valence-electron chi connectivity index (χ3n) is 3.37. The van der Waals surface area contributed by atoms with Gasteiger partial charge in [-0.3, -0.25) is 4.79 Å². The summed E-state index contributed by atoms with van der Waals surface area (Å²) in [4.78, 5) is 11.9. The van der Waals surface area contributed by atoms with E-state index >= 15 is 0 Å². The highest BCUT2D eigenvalue weighted by Crippen LogP contribution is 2.30. The molecule has 1 aromatic rings. The van der Waals surface area contributed by atoms with Gasteiger partial charge in [-0.15, -0.1) is 0 Å². The van der Waals surface area contributed by atoms with E-state index in [1.54, 1.807) is 0 Å². The van der Waals surface area contributed by atoms with E-state index in [0.29, 0.717) is 0 Å². The Morgan fingerprint density at radius 1 is 1.19 bits per heavy atom. The van der Waals surface area contributed by atoms with Gasteiger partial charge in [0.15, 0.2) is 0 Å². The van der Waals surface area contributed by atoms with Gasteiger partial charge < -0.3 is 5.32 Å².